The monoisotopic (exact) mass is 759 g/mol. The molecule has 4 fully saturated rings. The Morgan fingerprint density at radius 3 is 1.39 bits per heavy atom. The maximum atomic E-state index is 4.13. The van der Waals surface area contributed by atoms with E-state index in [4.69, 9.17) is 0 Å². The van der Waals surface area contributed by atoms with E-state index >= 15 is 0 Å². The molecule has 2 aromatic rings. The van der Waals surface area contributed by atoms with Crippen molar-refractivity contribution in [2.75, 3.05) is 0 Å². The van der Waals surface area contributed by atoms with E-state index < -0.39 is 8.07 Å². The SMILES string of the molecule is C=CCCCC1CC([Si](c2ccccc2)(c2ccccc2)C2C3C=C4C(=CC3C3C=C5C(=CC32)C(C)(C)CCC5(C)C)C(C)(C)CCC4(C)C)C2C=CC=CC12. The van der Waals surface area contributed by atoms with Crippen LogP contribution in [0.1, 0.15) is 107 Å². The Kier molecular flexibility index (Phi) is 9.39. The molecule has 0 heterocycles. The third kappa shape index (κ3) is 5.86. The van der Waals surface area contributed by atoms with Gasteiger partial charge in [0.25, 0.3) is 0 Å². The highest BCUT2D eigenvalue weighted by Gasteiger charge is 2.66. The third-order valence-electron chi connectivity index (χ3n) is 17.2. The Morgan fingerprint density at radius 1 is 0.554 bits per heavy atom. The molecular formula is C55H70Si. The van der Waals surface area contributed by atoms with Crippen molar-refractivity contribution in [3.8, 4) is 0 Å². The fraction of sp³-hybridized carbons (Fsp3) is 0.527. The van der Waals surface area contributed by atoms with Gasteiger partial charge in [-0.3, -0.25) is 0 Å². The molecule has 0 amide bonds. The van der Waals surface area contributed by atoms with Crippen molar-refractivity contribution >= 4 is 18.4 Å². The van der Waals surface area contributed by atoms with Crippen LogP contribution >= 0.6 is 0 Å². The van der Waals surface area contributed by atoms with Gasteiger partial charge in [-0.25, -0.2) is 0 Å². The topological polar surface area (TPSA) is 0 Å². The lowest BCUT2D eigenvalue weighted by Gasteiger charge is -2.52. The van der Waals surface area contributed by atoms with Gasteiger partial charge in [0, 0.05) is 0 Å². The zero-order chi connectivity index (χ0) is 39.3. The summed E-state index contributed by atoms with van der Waals surface area (Å²) < 4.78 is 0. The van der Waals surface area contributed by atoms with Crippen LogP contribution < -0.4 is 10.4 Å². The molecule has 294 valence electrons. The largest absolute Gasteiger partial charge is 0.125 e. The summed E-state index contributed by atoms with van der Waals surface area (Å²) in [6, 6.07) is 24.6. The van der Waals surface area contributed by atoms with Crippen molar-refractivity contribution < 1.29 is 0 Å². The van der Waals surface area contributed by atoms with E-state index in [-0.39, 0.29) is 21.7 Å². The van der Waals surface area contributed by atoms with Crippen LogP contribution in [0.15, 0.2) is 144 Å². The lowest BCUT2D eigenvalue weighted by Crippen LogP contribution is -2.67. The Morgan fingerprint density at radius 2 is 0.964 bits per heavy atom. The second-order valence-corrected chi connectivity index (χ2v) is 26.3. The van der Waals surface area contributed by atoms with E-state index in [0.717, 1.165) is 6.42 Å². The zero-order valence-electron chi connectivity index (χ0n) is 36.0. The first-order valence-electron chi connectivity index (χ1n) is 22.7. The van der Waals surface area contributed by atoms with Crippen LogP contribution in [0, 0.1) is 63.1 Å². The molecule has 0 N–H and O–H groups in total. The van der Waals surface area contributed by atoms with Gasteiger partial charge in [-0.1, -0.05) is 181 Å². The van der Waals surface area contributed by atoms with E-state index in [2.05, 4.69) is 177 Å². The van der Waals surface area contributed by atoms with Gasteiger partial charge in [0.05, 0.1) is 0 Å². The molecule has 0 saturated heterocycles. The summed E-state index contributed by atoms with van der Waals surface area (Å²) in [5, 5.41) is 3.36. The van der Waals surface area contributed by atoms with Gasteiger partial charge in [-0.05, 0) is 148 Å². The predicted octanol–water partition coefficient (Wildman–Crippen LogP) is 13.6. The second-order valence-electron chi connectivity index (χ2n) is 22.0. The smallest absolute Gasteiger partial charge is 0.103 e. The molecule has 2 aromatic carbocycles. The summed E-state index contributed by atoms with van der Waals surface area (Å²) in [5.41, 5.74) is 8.71. The normalized spacial score (nSPS) is 35.4. The van der Waals surface area contributed by atoms with E-state index in [1.807, 2.05) is 0 Å². The van der Waals surface area contributed by atoms with Crippen LogP contribution in [-0.4, -0.2) is 8.07 Å². The Hall–Kier alpha value is -3.16. The predicted molar refractivity (Wildman–Crippen MR) is 243 cm³/mol. The minimum Gasteiger partial charge on any atom is -0.103 e. The molecule has 56 heavy (non-hydrogen) atoms. The van der Waals surface area contributed by atoms with Gasteiger partial charge in [-0.2, -0.15) is 0 Å². The van der Waals surface area contributed by atoms with Crippen molar-refractivity contribution in [2.24, 2.45) is 63.1 Å². The summed E-state index contributed by atoms with van der Waals surface area (Å²) in [6.07, 6.45) is 34.1. The van der Waals surface area contributed by atoms with Crippen molar-refractivity contribution in [3.05, 3.63) is 144 Å². The molecule has 9 rings (SSSR count). The quantitative estimate of drug-likeness (QED) is 0.143. The lowest BCUT2D eigenvalue weighted by atomic mass is 9.56. The maximum absolute atomic E-state index is 4.13. The van der Waals surface area contributed by atoms with Gasteiger partial charge >= 0.3 is 0 Å². The number of benzene rings is 2. The fourth-order valence-electron chi connectivity index (χ4n) is 14.1. The molecule has 0 spiro atoms. The molecular weight excluding hydrogens is 689 g/mol. The first-order valence-corrected chi connectivity index (χ1v) is 24.8. The molecule has 0 aromatic heterocycles. The Labute approximate surface area is 342 Å². The molecule has 0 aliphatic heterocycles. The first-order chi connectivity index (χ1) is 26.7. The molecule has 4 saturated carbocycles. The molecule has 0 bridgehead atoms. The summed E-state index contributed by atoms with van der Waals surface area (Å²) in [4.78, 5) is 0. The number of allylic oxidation sites excluding steroid dienone is 13. The van der Waals surface area contributed by atoms with E-state index in [9.17, 15) is 0 Å². The van der Waals surface area contributed by atoms with E-state index in [1.165, 1.54) is 44.9 Å². The summed E-state index contributed by atoms with van der Waals surface area (Å²) in [6.45, 7) is 24.6. The van der Waals surface area contributed by atoms with Crippen LogP contribution in [0.5, 0.6) is 0 Å². The van der Waals surface area contributed by atoms with E-state index in [0.29, 0.717) is 52.5 Å². The van der Waals surface area contributed by atoms with Crippen LogP contribution in [0.2, 0.25) is 11.1 Å². The standard InChI is InChI=1S/C55H70Si/c1-10-11-14-21-37-32-50(41-27-20-19-26-40(37)41)56(38-22-15-12-16-23-38,39-24-17-13-18-25-39)51-44-35-48-46(52(2,3)28-30-54(48,6)7)33-42(44)43-34-47-49(36-45(43)51)55(8,9)31-29-53(47,4)5/h10,12-13,15-20,22-27,33-37,40-45,50-51H,1,11,14,21,28-32H2,2-9H3. The first kappa shape index (κ1) is 38.4. The molecule has 8 unspecified atom stereocenters. The molecule has 0 nitrogen and oxygen atoms in total. The summed E-state index contributed by atoms with van der Waals surface area (Å²) >= 11 is 0. The summed E-state index contributed by atoms with van der Waals surface area (Å²) in [7, 11) is -2.63. The molecule has 7 aliphatic carbocycles. The van der Waals surface area contributed by atoms with Crippen LogP contribution in [0.25, 0.3) is 0 Å². The van der Waals surface area contributed by atoms with Crippen LogP contribution in [0.3, 0.4) is 0 Å². The maximum Gasteiger partial charge on any atom is 0.125 e. The zero-order valence-corrected chi connectivity index (χ0v) is 37.0. The molecule has 1 heteroatoms. The minimum atomic E-state index is -2.63. The minimum absolute atomic E-state index is 0.189. The van der Waals surface area contributed by atoms with Crippen molar-refractivity contribution in [3.63, 3.8) is 0 Å². The fourth-order valence-corrected chi connectivity index (χ4v) is 21.6. The average Bonchev–Trinajstić information content (AvgIpc) is 3.72. The number of hydrogen-bond acceptors (Lipinski definition) is 0. The lowest BCUT2D eigenvalue weighted by molar-refractivity contribution is 0.244. The summed E-state index contributed by atoms with van der Waals surface area (Å²) in [5.74, 6) is 3.94. The van der Waals surface area contributed by atoms with Gasteiger partial charge in [-0.15, -0.1) is 6.58 Å². The number of hydrogen-bond donors (Lipinski definition) is 0. The van der Waals surface area contributed by atoms with E-state index in [1.54, 1.807) is 32.7 Å². The van der Waals surface area contributed by atoms with Crippen molar-refractivity contribution in [1.29, 1.82) is 0 Å². The number of rotatable bonds is 8. The van der Waals surface area contributed by atoms with Gasteiger partial charge < -0.3 is 0 Å². The average molecular weight is 759 g/mol. The highest BCUT2D eigenvalue weighted by molar-refractivity contribution is 7.04. The van der Waals surface area contributed by atoms with Gasteiger partial charge in [0.2, 0.25) is 0 Å². The Balaban J connectivity index is 1.35. The number of unbranched alkanes of at least 4 members (excludes halogenated alkanes) is 1. The number of fused-ring (bicyclic) bond motifs is 6. The molecule has 0 radical (unpaired) electrons. The molecule has 7 aliphatic rings. The third-order valence-corrected chi connectivity index (χ3v) is 23.4. The molecule has 8 atom stereocenters. The highest BCUT2D eigenvalue weighted by atomic mass is 28.3. The van der Waals surface area contributed by atoms with Crippen molar-refractivity contribution in [2.45, 2.75) is 118 Å². The van der Waals surface area contributed by atoms with Crippen molar-refractivity contribution in [1.82, 2.24) is 0 Å². The van der Waals surface area contributed by atoms with Crippen LogP contribution in [0.4, 0.5) is 0 Å². The van der Waals surface area contributed by atoms with Gasteiger partial charge in [0.15, 0.2) is 0 Å². The Bertz CT molecular complexity index is 1910. The van der Waals surface area contributed by atoms with Gasteiger partial charge in [0.1, 0.15) is 8.07 Å². The highest BCUT2D eigenvalue weighted by Crippen LogP contribution is 2.69. The van der Waals surface area contributed by atoms with Crippen LogP contribution in [-0.2, 0) is 0 Å². The second kappa shape index (κ2) is 13.7.